The lowest BCUT2D eigenvalue weighted by Crippen LogP contribution is -2.07. The van der Waals surface area contributed by atoms with E-state index in [1.54, 1.807) is 0 Å². The first-order valence-corrected chi connectivity index (χ1v) is 6.57. The second-order valence-electron chi connectivity index (χ2n) is 4.69. The lowest BCUT2D eigenvalue weighted by Gasteiger charge is -2.10. The lowest BCUT2D eigenvalue weighted by molar-refractivity contribution is -0.389. The van der Waals surface area contributed by atoms with Crippen molar-refractivity contribution < 1.29 is 9.85 Å². The molecule has 0 aliphatic heterocycles. The van der Waals surface area contributed by atoms with Crippen LogP contribution in [-0.4, -0.2) is 16.4 Å². The zero-order chi connectivity index (χ0) is 15.3. The van der Waals surface area contributed by atoms with E-state index in [0.29, 0.717) is 17.7 Å². The molecular formula is C13H19N3O4. The normalized spacial score (nSPS) is 10.3. The van der Waals surface area contributed by atoms with Crippen molar-refractivity contribution in [3.63, 3.8) is 0 Å². The molecule has 0 radical (unpaired) electrons. The Morgan fingerprint density at radius 3 is 2.25 bits per heavy atom. The highest BCUT2D eigenvalue weighted by atomic mass is 16.6. The molecule has 0 aliphatic rings. The van der Waals surface area contributed by atoms with Gasteiger partial charge >= 0.3 is 0 Å². The van der Waals surface area contributed by atoms with Gasteiger partial charge in [0.15, 0.2) is 0 Å². The van der Waals surface area contributed by atoms with Crippen molar-refractivity contribution in [3.05, 3.63) is 37.4 Å². The summed E-state index contributed by atoms with van der Waals surface area (Å²) >= 11 is 0. The van der Waals surface area contributed by atoms with Crippen LogP contribution in [0.1, 0.15) is 37.3 Å². The third-order valence-corrected chi connectivity index (χ3v) is 3.31. The minimum atomic E-state index is -0.511. The highest BCUT2D eigenvalue weighted by Crippen LogP contribution is 2.36. The molecule has 1 aromatic rings. The fourth-order valence-corrected chi connectivity index (χ4v) is 2.04. The van der Waals surface area contributed by atoms with Gasteiger partial charge in [0, 0.05) is 23.7 Å². The molecule has 1 N–H and O–H groups in total. The Balaban J connectivity index is 3.18. The molecule has 0 atom stereocenters. The third kappa shape index (κ3) is 3.43. The van der Waals surface area contributed by atoms with Crippen LogP contribution in [0.25, 0.3) is 0 Å². The van der Waals surface area contributed by atoms with Crippen LogP contribution in [0.5, 0.6) is 0 Å². The van der Waals surface area contributed by atoms with Gasteiger partial charge in [-0.05, 0) is 20.3 Å². The predicted molar refractivity (Wildman–Crippen MR) is 77.2 cm³/mol. The highest BCUT2D eigenvalue weighted by Gasteiger charge is 2.26. The van der Waals surface area contributed by atoms with E-state index in [9.17, 15) is 20.2 Å². The SMILES string of the molecule is CCCCCNc1cc([N+](=O)[O-])c(C)c(C)c1[N+](=O)[O-]. The Morgan fingerprint density at radius 1 is 1.10 bits per heavy atom. The second kappa shape index (κ2) is 6.83. The average molecular weight is 281 g/mol. The predicted octanol–water partition coefficient (Wildman–Crippen LogP) is 3.72. The van der Waals surface area contributed by atoms with Gasteiger partial charge in [0.1, 0.15) is 5.69 Å². The number of benzene rings is 1. The molecule has 0 heterocycles. The molecule has 0 amide bonds. The molecule has 110 valence electrons. The number of hydrogen-bond donors (Lipinski definition) is 1. The molecule has 7 nitrogen and oxygen atoms in total. The van der Waals surface area contributed by atoms with E-state index < -0.39 is 9.85 Å². The van der Waals surface area contributed by atoms with Crippen molar-refractivity contribution in [2.75, 3.05) is 11.9 Å². The maximum atomic E-state index is 11.2. The van der Waals surface area contributed by atoms with E-state index in [1.807, 2.05) is 0 Å². The monoisotopic (exact) mass is 281 g/mol. The van der Waals surface area contributed by atoms with Gasteiger partial charge in [0.25, 0.3) is 11.4 Å². The summed E-state index contributed by atoms with van der Waals surface area (Å²) in [7, 11) is 0. The van der Waals surface area contributed by atoms with Crippen molar-refractivity contribution in [2.45, 2.75) is 40.0 Å². The van der Waals surface area contributed by atoms with Crippen LogP contribution >= 0.6 is 0 Å². The van der Waals surface area contributed by atoms with Crippen LogP contribution in [0.3, 0.4) is 0 Å². The molecule has 0 spiro atoms. The quantitative estimate of drug-likeness (QED) is 0.466. The van der Waals surface area contributed by atoms with E-state index in [4.69, 9.17) is 0 Å². The summed E-state index contributed by atoms with van der Waals surface area (Å²) < 4.78 is 0. The van der Waals surface area contributed by atoms with Gasteiger partial charge in [0.2, 0.25) is 0 Å². The van der Waals surface area contributed by atoms with Gasteiger partial charge in [-0.25, -0.2) is 0 Å². The van der Waals surface area contributed by atoms with Crippen molar-refractivity contribution in [3.8, 4) is 0 Å². The van der Waals surface area contributed by atoms with Crippen molar-refractivity contribution in [1.82, 2.24) is 0 Å². The average Bonchev–Trinajstić information content (AvgIpc) is 2.37. The molecular weight excluding hydrogens is 262 g/mol. The minimum Gasteiger partial charge on any atom is -0.379 e. The first kappa shape index (κ1) is 15.9. The summed E-state index contributed by atoms with van der Waals surface area (Å²) in [6.45, 7) is 5.69. The van der Waals surface area contributed by atoms with Gasteiger partial charge in [-0.1, -0.05) is 19.8 Å². The number of rotatable bonds is 7. The molecule has 0 aromatic heterocycles. The van der Waals surface area contributed by atoms with Crippen LogP contribution in [-0.2, 0) is 0 Å². The fraction of sp³-hybridized carbons (Fsp3) is 0.538. The summed E-state index contributed by atoms with van der Waals surface area (Å²) in [5, 5.41) is 25.1. The molecule has 0 aliphatic carbocycles. The van der Waals surface area contributed by atoms with Crippen LogP contribution < -0.4 is 5.32 Å². The van der Waals surface area contributed by atoms with Crippen molar-refractivity contribution in [2.24, 2.45) is 0 Å². The Morgan fingerprint density at radius 2 is 1.75 bits per heavy atom. The summed E-state index contributed by atoms with van der Waals surface area (Å²) in [6, 6.07) is 1.26. The molecule has 0 fully saturated rings. The molecule has 0 bridgehead atoms. The summed E-state index contributed by atoms with van der Waals surface area (Å²) in [4.78, 5) is 21.1. The van der Waals surface area contributed by atoms with Gasteiger partial charge in [-0.15, -0.1) is 0 Å². The largest absolute Gasteiger partial charge is 0.379 e. The van der Waals surface area contributed by atoms with E-state index in [2.05, 4.69) is 12.2 Å². The first-order chi connectivity index (χ1) is 9.40. The van der Waals surface area contributed by atoms with Crippen LogP contribution in [0.15, 0.2) is 6.07 Å². The number of anilines is 1. The van der Waals surface area contributed by atoms with E-state index in [-0.39, 0.29) is 17.1 Å². The van der Waals surface area contributed by atoms with Crippen LogP contribution in [0.4, 0.5) is 17.1 Å². The number of hydrogen-bond acceptors (Lipinski definition) is 5. The molecule has 0 unspecified atom stereocenters. The molecule has 1 aromatic carbocycles. The van der Waals surface area contributed by atoms with Gasteiger partial charge < -0.3 is 5.32 Å². The van der Waals surface area contributed by atoms with E-state index >= 15 is 0 Å². The Labute approximate surface area is 117 Å². The summed E-state index contributed by atoms with van der Waals surface area (Å²) in [6.07, 6.45) is 2.92. The lowest BCUT2D eigenvalue weighted by atomic mass is 10.0. The second-order valence-corrected chi connectivity index (χ2v) is 4.69. The van der Waals surface area contributed by atoms with Crippen LogP contribution in [0.2, 0.25) is 0 Å². The molecule has 20 heavy (non-hydrogen) atoms. The van der Waals surface area contributed by atoms with Gasteiger partial charge in [-0.2, -0.15) is 0 Å². The fourth-order valence-electron chi connectivity index (χ4n) is 2.04. The number of nitrogens with one attached hydrogen (secondary N) is 1. The Bertz CT molecular complexity index is 529. The number of unbranched alkanes of at least 4 members (excludes halogenated alkanes) is 2. The minimum absolute atomic E-state index is 0.0791. The highest BCUT2D eigenvalue weighted by molar-refractivity contribution is 5.72. The molecule has 1 rings (SSSR count). The smallest absolute Gasteiger partial charge is 0.295 e. The number of nitro groups is 2. The Hall–Kier alpha value is -2.18. The first-order valence-electron chi connectivity index (χ1n) is 6.57. The maximum Gasteiger partial charge on any atom is 0.295 e. The topological polar surface area (TPSA) is 98.3 Å². The molecule has 0 saturated carbocycles. The zero-order valence-corrected chi connectivity index (χ0v) is 11.9. The molecule has 7 heteroatoms. The summed E-state index contributed by atoms with van der Waals surface area (Å²) in [5.41, 5.74) is 0.722. The number of nitrogens with zero attached hydrogens (tertiary/aromatic N) is 2. The summed E-state index contributed by atoms with van der Waals surface area (Å²) in [5.74, 6) is 0. The van der Waals surface area contributed by atoms with Gasteiger partial charge in [0.05, 0.1) is 9.85 Å². The standard InChI is InChI=1S/C13H19N3O4/c1-4-5-6-7-14-11-8-12(15(17)18)9(2)10(3)13(11)16(19)20/h8,14H,4-7H2,1-3H3. The zero-order valence-electron chi connectivity index (χ0n) is 11.9. The van der Waals surface area contributed by atoms with E-state index in [1.165, 1.54) is 19.9 Å². The Kier molecular flexibility index (Phi) is 5.42. The molecule has 0 saturated heterocycles. The number of nitro benzene ring substituents is 2. The van der Waals surface area contributed by atoms with Gasteiger partial charge in [-0.3, -0.25) is 20.2 Å². The van der Waals surface area contributed by atoms with Crippen molar-refractivity contribution >= 4 is 17.1 Å². The maximum absolute atomic E-state index is 11.2. The van der Waals surface area contributed by atoms with Crippen molar-refractivity contribution in [1.29, 1.82) is 0 Å². The van der Waals surface area contributed by atoms with Crippen LogP contribution in [0, 0.1) is 34.1 Å². The van der Waals surface area contributed by atoms with E-state index in [0.717, 1.165) is 19.3 Å². The third-order valence-electron chi connectivity index (χ3n) is 3.31.